The van der Waals surface area contributed by atoms with Crippen LogP contribution in [0.15, 0.2) is 78.9 Å². The van der Waals surface area contributed by atoms with Gasteiger partial charge in [0, 0.05) is 34.3 Å². The first kappa shape index (κ1) is 25.3. The molecule has 0 spiro atoms. The molecule has 7 nitrogen and oxygen atoms in total. The second-order valence-corrected chi connectivity index (χ2v) is 11.0. The molecule has 6 aromatic rings. The maximum Gasteiger partial charge on any atom is 0.250 e. The number of fused-ring (bicyclic) bond motifs is 4. The highest BCUT2D eigenvalue weighted by Crippen LogP contribution is 2.39. The fourth-order valence-corrected chi connectivity index (χ4v) is 6.35. The van der Waals surface area contributed by atoms with Gasteiger partial charge in [0.05, 0.1) is 33.2 Å². The van der Waals surface area contributed by atoms with Crippen molar-refractivity contribution in [3.63, 3.8) is 0 Å². The number of amides is 1. The third kappa shape index (κ3) is 4.40. The number of hydrogen-bond acceptors (Lipinski definition) is 4. The molecule has 1 aliphatic carbocycles. The Morgan fingerprint density at radius 1 is 1.02 bits per heavy atom. The van der Waals surface area contributed by atoms with E-state index >= 15 is 0 Å². The number of primary amides is 1. The molecule has 2 aromatic heterocycles. The molecule has 1 amide bonds. The number of imidazole rings is 1. The zero-order valence-electron chi connectivity index (χ0n) is 22.5. The molecule has 4 aromatic carbocycles. The van der Waals surface area contributed by atoms with Gasteiger partial charge in [-0.15, -0.1) is 0 Å². The first-order valence-corrected chi connectivity index (χ1v) is 14.0. The number of rotatable bonds is 7. The molecule has 2 heterocycles. The number of para-hydroxylation sites is 1. The van der Waals surface area contributed by atoms with Gasteiger partial charge in [-0.05, 0) is 67.8 Å². The molecule has 1 fully saturated rings. The summed E-state index contributed by atoms with van der Waals surface area (Å²) in [5.74, 6) is -0.163. The van der Waals surface area contributed by atoms with Gasteiger partial charge in [0.2, 0.25) is 0 Å². The van der Waals surface area contributed by atoms with Crippen LogP contribution in [0.5, 0.6) is 0 Å². The fourth-order valence-electron chi connectivity index (χ4n) is 6.35. The zero-order valence-corrected chi connectivity index (χ0v) is 22.5. The summed E-state index contributed by atoms with van der Waals surface area (Å²) in [7, 11) is 0. The maximum absolute atomic E-state index is 13.9. The molecule has 7 rings (SSSR count). The van der Waals surface area contributed by atoms with Gasteiger partial charge < -0.3 is 25.7 Å². The van der Waals surface area contributed by atoms with Crippen LogP contribution in [0, 0.1) is 5.82 Å². The molecule has 5 N–H and O–H groups in total. The molecular formula is C33H30FN5O2. The van der Waals surface area contributed by atoms with Gasteiger partial charge in [-0.3, -0.25) is 4.79 Å². The molecule has 1 saturated carbocycles. The van der Waals surface area contributed by atoms with E-state index in [4.69, 9.17) is 10.7 Å². The number of nitrogens with two attached hydrogens (primary N) is 1. The Hall–Kier alpha value is -4.69. The lowest BCUT2D eigenvalue weighted by Gasteiger charge is -2.23. The number of hydrogen-bond donors (Lipinski definition) is 4. The molecule has 0 aliphatic heterocycles. The monoisotopic (exact) mass is 547 g/mol. The Balaban J connectivity index is 1.36. The van der Waals surface area contributed by atoms with Crippen LogP contribution >= 0.6 is 0 Å². The van der Waals surface area contributed by atoms with Crippen LogP contribution in [0.4, 0.5) is 10.1 Å². The van der Waals surface area contributed by atoms with Crippen molar-refractivity contribution in [1.29, 1.82) is 0 Å². The summed E-state index contributed by atoms with van der Waals surface area (Å²) < 4.78 is 16.1. The second kappa shape index (κ2) is 9.74. The van der Waals surface area contributed by atoms with Crippen molar-refractivity contribution in [2.75, 3.05) is 11.9 Å². The van der Waals surface area contributed by atoms with E-state index in [2.05, 4.69) is 33.1 Å². The quantitative estimate of drug-likeness (QED) is 0.179. The van der Waals surface area contributed by atoms with Crippen molar-refractivity contribution >= 4 is 44.4 Å². The lowest BCUT2D eigenvalue weighted by Crippen LogP contribution is -2.27. The second-order valence-electron chi connectivity index (χ2n) is 11.0. The minimum absolute atomic E-state index is 0.316. The van der Waals surface area contributed by atoms with Crippen LogP contribution in [0.25, 0.3) is 49.9 Å². The zero-order chi connectivity index (χ0) is 28.1. The van der Waals surface area contributed by atoms with Gasteiger partial charge >= 0.3 is 0 Å². The lowest BCUT2D eigenvalue weighted by atomic mass is 9.98. The summed E-state index contributed by atoms with van der Waals surface area (Å²) >= 11 is 0. The molecule has 0 saturated heterocycles. The summed E-state index contributed by atoms with van der Waals surface area (Å²) in [6.07, 6.45) is 4.30. The number of halogens is 1. The number of nitrogens with one attached hydrogen (secondary N) is 2. The SMILES string of the molecule is NC(=O)c1ccc(-n2c3ccccc3c3c(-c4nc5ccc(F)cc5[nH]4)cccc32)cc1NCCC1(O)CCCC1. The number of aliphatic hydroxyl groups is 1. The van der Waals surface area contributed by atoms with E-state index in [1.165, 1.54) is 12.1 Å². The van der Waals surface area contributed by atoms with Crippen molar-refractivity contribution in [2.24, 2.45) is 5.73 Å². The highest BCUT2D eigenvalue weighted by atomic mass is 19.1. The van der Waals surface area contributed by atoms with Gasteiger partial charge in [0.1, 0.15) is 11.6 Å². The highest BCUT2D eigenvalue weighted by molar-refractivity contribution is 6.15. The van der Waals surface area contributed by atoms with E-state index < -0.39 is 11.5 Å². The van der Waals surface area contributed by atoms with Gasteiger partial charge in [-0.1, -0.05) is 43.2 Å². The first-order valence-electron chi connectivity index (χ1n) is 14.0. The molecule has 206 valence electrons. The average Bonchev–Trinajstić information content (AvgIpc) is 3.68. The topological polar surface area (TPSA) is 109 Å². The van der Waals surface area contributed by atoms with E-state index in [0.717, 1.165) is 58.7 Å². The summed E-state index contributed by atoms with van der Waals surface area (Å²) in [5, 5.41) is 16.2. The molecular weight excluding hydrogens is 517 g/mol. The van der Waals surface area contributed by atoms with E-state index in [1.807, 2.05) is 36.4 Å². The lowest BCUT2D eigenvalue weighted by molar-refractivity contribution is 0.0424. The average molecular weight is 548 g/mol. The number of aromatic amines is 1. The number of anilines is 1. The maximum atomic E-state index is 13.9. The molecule has 8 heteroatoms. The summed E-state index contributed by atoms with van der Waals surface area (Å²) in [6, 6.07) is 24.4. The third-order valence-electron chi connectivity index (χ3n) is 8.36. The summed E-state index contributed by atoms with van der Waals surface area (Å²) in [4.78, 5) is 20.4. The number of carbonyl (C=O) groups is 1. The molecule has 0 atom stereocenters. The Bertz CT molecular complexity index is 1950. The Kier molecular flexibility index (Phi) is 6.01. The molecule has 1 aliphatic rings. The van der Waals surface area contributed by atoms with Gasteiger partial charge in [0.25, 0.3) is 5.91 Å². The van der Waals surface area contributed by atoms with Crippen molar-refractivity contribution in [3.05, 3.63) is 90.2 Å². The van der Waals surface area contributed by atoms with E-state index in [-0.39, 0.29) is 5.82 Å². The van der Waals surface area contributed by atoms with Crippen LogP contribution in [0.2, 0.25) is 0 Å². The van der Waals surface area contributed by atoms with Gasteiger partial charge in [-0.25, -0.2) is 9.37 Å². The number of H-pyrrole nitrogens is 1. The smallest absolute Gasteiger partial charge is 0.250 e. The third-order valence-corrected chi connectivity index (χ3v) is 8.36. The van der Waals surface area contributed by atoms with Gasteiger partial charge in [0.15, 0.2) is 0 Å². The first-order chi connectivity index (χ1) is 19.9. The number of carbonyl (C=O) groups excluding carboxylic acids is 1. The van der Waals surface area contributed by atoms with Crippen LogP contribution in [-0.4, -0.2) is 37.7 Å². The van der Waals surface area contributed by atoms with Crippen LogP contribution < -0.4 is 11.1 Å². The Labute approximate surface area is 235 Å². The molecule has 0 radical (unpaired) electrons. The van der Waals surface area contributed by atoms with E-state index in [1.54, 1.807) is 12.1 Å². The minimum Gasteiger partial charge on any atom is -0.390 e. The van der Waals surface area contributed by atoms with Crippen molar-refractivity contribution in [3.8, 4) is 17.1 Å². The van der Waals surface area contributed by atoms with Crippen molar-refractivity contribution in [2.45, 2.75) is 37.7 Å². The molecule has 0 bridgehead atoms. The highest BCUT2D eigenvalue weighted by Gasteiger charge is 2.30. The largest absolute Gasteiger partial charge is 0.390 e. The predicted octanol–water partition coefficient (Wildman–Crippen LogP) is 6.67. The van der Waals surface area contributed by atoms with Crippen molar-refractivity contribution in [1.82, 2.24) is 14.5 Å². The Morgan fingerprint density at radius 2 is 1.83 bits per heavy atom. The van der Waals surface area contributed by atoms with Crippen molar-refractivity contribution < 1.29 is 14.3 Å². The van der Waals surface area contributed by atoms with Gasteiger partial charge in [-0.2, -0.15) is 0 Å². The molecule has 0 unspecified atom stereocenters. The summed E-state index contributed by atoms with van der Waals surface area (Å²) in [6.45, 7) is 0.532. The van der Waals surface area contributed by atoms with E-state index in [9.17, 15) is 14.3 Å². The van der Waals surface area contributed by atoms with Crippen LogP contribution in [-0.2, 0) is 0 Å². The number of aromatic nitrogens is 3. The van der Waals surface area contributed by atoms with Crippen LogP contribution in [0.3, 0.4) is 0 Å². The normalized spacial score (nSPS) is 14.8. The standard InChI is InChI=1S/C33H30FN5O2/c34-20-10-13-25-27(18-20)38-32(37-25)24-7-5-9-29-30(24)23-6-1-2-8-28(23)39(29)21-11-12-22(31(35)40)26(19-21)36-17-16-33(41)14-3-4-15-33/h1-2,5-13,18-19,36,41H,3-4,14-17H2,(H2,35,40)(H,37,38). The fraction of sp³-hybridized carbons (Fsp3) is 0.212. The number of benzene rings is 4. The molecule has 41 heavy (non-hydrogen) atoms. The Morgan fingerprint density at radius 3 is 2.66 bits per heavy atom. The van der Waals surface area contributed by atoms with E-state index in [0.29, 0.717) is 41.1 Å². The van der Waals surface area contributed by atoms with Crippen LogP contribution in [0.1, 0.15) is 42.5 Å². The minimum atomic E-state index is -0.650. The predicted molar refractivity (Wildman–Crippen MR) is 161 cm³/mol. The number of nitrogens with zero attached hydrogens (tertiary/aromatic N) is 2. The summed E-state index contributed by atoms with van der Waals surface area (Å²) in [5.41, 5.74) is 11.2.